The van der Waals surface area contributed by atoms with E-state index in [2.05, 4.69) is 17.0 Å². The smallest absolute Gasteiger partial charge is 0.226 e. The first-order valence-electron chi connectivity index (χ1n) is 10.3. The minimum Gasteiger partial charge on any atom is -0.497 e. The summed E-state index contributed by atoms with van der Waals surface area (Å²) in [5, 5.41) is 0. The van der Waals surface area contributed by atoms with Crippen molar-refractivity contribution in [2.75, 3.05) is 20.2 Å². The number of ether oxygens (including phenoxy) is 1. The summed E-state index contributed by atoms with van der Waals surface area (Å²) in [5.41, 5.74) is 1.20. The van der Waals surface area contributed by atoms with Crippen molar-refractivity contribution < 1.29 is 14.3 Å². The monoisotopic (exact) mass is 370 g/mol. The molecule has 3 atom stereocenters. The Morgan fingerprint density at radius 3 is 2.33 bits per heavy atom. The van der Waals surface area contributed by atoms with E-state index in [1.807, 2.05) is 17.0 Å². The maximum Gasteiger partial charge on any atom is 0.226 e. The lowest BCUT2D eigenvalue weighted by Crippen LogP contribution is -2.54. The second-order valence-electron chi connectivity index (χ2n) is 8.26. The van der Waals surface area contributed by atoms with E-state index in [1.54, 1.807) is 14.0 Å². The molecular formula is C22H30N2O3. The van der Waals surface area contributed by atoms with Crippen molar-refractivity contribution in [1.29, 1.82) is 0 Å². The van der Waals surface area contributed by atoms with Gasteiger partial charge >= 0.3 is 0 Å². The van der Waals surface area contributed by atoms with E-state index < -0.39 is 0 Å². The second-order valence-corrected chi connectivity index (χ2v) is 8.26. The summed E-state index contributed by atoms with van der Waals surface area (Å²) in [6.45, 7) is 3.18. The van der Waals surface area contributed by atoms with Gasteiger partial charge in [0.15, 0.2) is 0 Å². The molecule has 3 fully saturated rings. The standard InChI is InChI=1S/C22H30N2O3/c1-15(25)23-13-5-8-20-21(23)19(16-9-11-18(27-2)12-10-16)14-24(20)22(26)17-6-3-4-7-17/h9-12,17,19-21H,3-8,13-14H2,1-2H3/t19-,20-,21-/m1/s1. The van der Waals surface area contributed by atoms with Gasteiger partial charge in [-0.2, -0.15) is 0 Å². The third-order valence-electron chi connectivity index (χ3n) is 6.79. The molecule has 27 heavy (non-hydrogen) atoms. The number of carbonyl (C=O) groups is 2. The first-order chi connectivity index (χ1) is 13.1. The van der Waals surface area contributed by atoms with Crippen LogP contribution in [-0.4, -0.2) is 53.9 Å². The molecule has 3 aliphatic rings. The van der Waals surface area contributed by atoms with Crippen molar-refractivity contribution in [2.45, 2.75) is 63.5 Å². The summed E-state index contributed by atoms with van der Waals surface area (Å²) in [7, 11) is 1.67. The van der Waals surface area contributed by atoms with Gasteiger partial charge in [-0.05, 0) is 43.4 Å². The van der Waals surface area contributed by atoms with Crippen LogP contribution in [0.1, 0.15) is 56.9 Å². The van der Waals surface area contributed by atoms with Gasteiger partial charge in [-0.1, -0.05) is 25.0 Å². The molecule has 2 saturated heterocycles. The first-order valence-corrected chi connectivity index (χ1v) is 10.3. The molecular weight excluding hydrogens is 340 g/mol. The molecule has 4 rings (SSSR count). The van der Waals surface area contributed by atoms with Gasteiger partial charge in [0.05, 0.1) is 19.2 Å². The van der Waals surface area contributed by atoms with Gasteiger partial charge in [0.25, 0.3) is 0 Å². The average Bonchev–Trinajstić information content (AvgIpc) is 3.35. The minimum atomic E-state index is 0.0926. The zero-order chi connectivity index (χ0) is 19.0. The van der Waals surface area contributed by atoms with E-state index in [0.29, 0.717) is 5.91 Å². The molecule has 146 valence electrons. The predicted molar refractivity (Wildman–Crippen MR) is 104 cm³/mol. The number of benzene rings is 1. The molecule has 2 aliphatic heterocycles. The van der Waals surface area contributed by atoms with Crippen molar-refractivity contribution in [3.8, 4) is 5.75 Å². The van der Waals surface area contributed by atoms with Crippen LogP contribution in [-0.2, 0) is 9.59 Å². The van der Waals surface area contributed by atoms with Crippen LogP contribution in [0.25, 0.3) is 0 Å². The highest BCUT2D eigenvalue weighted by Gasteiger charge is 2.50. The molecule has 0 N–H and O–H groups in total. The number of piperidine rings is 1. The fourth-order valence-corrected chi connectivity index (χ4v) is 5.46. The van der Waals surface area contributed by atoms with Gasteiger partial charge in [-0.25, -0.2) is 0 Å². The number of hydrogen-bond donors (Lipinski definition) is 0. The first kappa shape index (κ1) is 18.3. The summed E-state index contributed by atoms with van der Waals surface area (Å²) in [4.78, 5) is 29.8. The number of methoxy groups -OCH3 is 1. The Hall–Kier alpha value is -2.04. The summed E-state index contributed by atoms with van der Waals surface area (Å²) in [5.74, 6) is 1.64. The third-order valence-corrected chi connectivity index (χ3v) is 6.79. The Morgan fingerprint density at radius 2 is 1.70 bits per heavy atom. The van der Waals surface area contributed by atoms with E-state index in [1.165, 1.54) is 18.4 Å². The maximum atomic E-state index is 13.3. The molecule has 0 bridgehead atoms. The van der Waals surface area contributed by atoms with Crippen LogP contribution in [0.4, 0.5) is 0 Å². The van der Waals surface area contributed by atoms with Crippen LogP contribution >= 0.6 is 0 Å². The number of amides is 2. The molecule has 1 aliphatic carbocycles. The molecule has 5 heteroatoms. The zero-order valence-electron chi connectivity index (χ0n) is 16.4. The SMILES string of the molecule is COc1ccc([C@H]2CN(C(=O)C3CCCC3)[C@@H]3CCCN(C(C)=O)[C@H]23)cc1. The Labute approximate surface area is 161 Å². The van der Waals surface area contributed by atoms with Crippen LogP contribution < -0.4 is 4.74 Å². The van der Waals surface area contributed by atoms with E-state index in [9.17, 15) is 9.59 Å². The Morgan fingerprint density at radius 1 is 1.00 bits per heavy atom. The molecule has 2 amide bonds. The number of hydrogen-bond acceptors (Lipinski definition) is 3. The zero-order valence-corrected chi connectivity index (χ0v) is 16.4. The van der Waals surface area contributed by atoms with Gasteiger partial charge < -0.3 is 14.5 Å². The Balaban J connectivity index is 1.65. The molecule has 1 aromatic carbocycles. The van der Waals surface area contributed by atoms with E-state index in [0.717, 1.165) is 44.5 Å². The normalized spacial score (nSPS) is 28.3. The molecule has 1 aromatic rings. The molecule has 2 heterocycles. The number of carbonyl (C=O) groups excluding carboxylic acids is 2. The summed E-state index contributed by atoms with van der Waals surface area (Å²) < 4.78 is 5.30. The van der Waals surface area contributed by atoms with Crippen molar-refractivity contribution >= 4 is 11.8 Å². The minimum absolute atomic E-state index is 0.0926. The van der Waals surface area contributed by atoms with Gasteiger partial charge in [0.1, 0.15) is 5.75 Å². The molecule has 0 radical (unpaired) electrons. The quantitative estimate of drug-likeness (QED) is 0.821. The van der Waals surface area contributed by atoms with Crippen LogP contribution in [0.5, 0.6) is 5.75 Å². The summed E-state index contributed by atoms with van der Waals surface area (Å²) >= 11 is 0. The largest absolute Gasteiger partial charge is 0.497 e. The van der Waals surface area contributed by atoms with Crippen LogP contribution in [0.2, 0.25) is 0 Å². The summed E-state index contributed by atoms with van der Waals surface area (Å²) in [6, 6.07) is 8.39. The van der Waals surface area contributed by atoms with E-state index in [-0.39, 0.29) is 29.8 Å². The number of rotatable bonds is 3. The molecule has 1 saturated carbocycles. The van der Waals surface area contributed by atoms with Crippen LogP contribution in [0, 0.1) is 5.92 Å². The molecule has 0 spiro atoms. The van der Waals surface area contributed by atoms with Gasteiger partial charge in [-0.15, -0.1) is 0 Å². The van der Waals surface area contributed by atoms with E-state index >= 15 is 0 Å². The average molecular weight is 370 g/mol. The lowest BCUT2D eigenvalue weighted by atomic mass is 9.86. The lowest BCUT2D eigenvalue weighted by molar-refractivity contribution is -0.140. The van der Waals surface area contributed by atoms with Crippen molar-refractivity contribution in [3.05, 3.63) is 29.8 Å². The number of fused-ring (bicyclic) bond motifs is 1. The van der Waals surface area contributed by atoms with Gasteiger partial charge in [0.2, 0.25) is 11.8 Å². The summed E-state index contributed by atoms with van der Waals surface area (Å²) in [6.07, 6.45) is 6.36. The van der Waals surface area contributed by atoms with Crippen LogP contribution in [0.3, 0.4) is 0 Å². The van der Waals surface area contributed by atoms with Crippen molar-refractivity contribution in [2.24, 2.45) is 5.92 Å². The Bertz CT molecular complexity index is 696. The van der Waals surface area contributed by atoms with Gasteiger partial charge in [-0.3, -0.25) is 9.59 Å². The highest BCUT2D eigenvalue weighted by Crippen LogP contribution is 2.42. The molecule has 0 unspecified atom stereocenters. The highest BCUT2D eigenvalue weighted by molar-refractivity contribution is 5.81. The number of likely N-dealkylation sites (tertiary alicyclic amines) is 2. The molecule has 5 nitrogen and oxygen atoms in total. The topological polar surface area (TPSA) is 49.9 Å². The van der Waals surface area contributed by atoms with Crippen molar-refractivity contribution in [3.63, 3.8) is 0 Å². The van der Waals surface area contributed by atoms with Crippen LogP contribution in [0.15, 0.2) is 24.3 Å². The Kier molecular flexibility index (Phi) is 5.11. The third kappa shape index (κ3) is 3.32. The lowest BCUT2D eigenvalue weighted by Gasteiger charge is -2.41. The second kappa shape index (κ2) is 7.53. The highest BCUT2D eigenvalue weighted by atomic mass is 16.5. The fraction of sp³-hybridized carbons (Fsp3) is 0.636. The molecule has 0 aromatic heterocycles. The fourth-order valence-electron chi connectivity index (χ4n) is 5.46. The number of nitrogens with zero attached hydrogens (tertiary/aromatic N) is 2. The van der Waals surface area contributed by atoms with E-state index in [4.69, 9.17) is 4.74 Å². The van der Waals surface area contributed by atoms with Crippen molar-refractivity contribution in [1.82, 2.24) is 9.80 Å². The van der Waals surface area contributed by atoms with Gasteiger partial charge in [0, 0.05) is 31.8 Å². The predicted octanol–water partition coefficient (Wildman–Crippen LogP) is 3.19. The maximum absolute atomic E-state index is 13.3.